The van der Waals surface area contributed by atoms with Crippen LogP contribution in [0.4, 0.5) is 5.69 Å². The van der Waals surface area contributed by atoms with Gasteiger partial charge in [-0.1, -0.05) is 39.7 Å². The molecule has 0 aliphatic heterocycles. The molecular weight excluding hydrogens is 342 g/mol. The van der Waals surface area contributed by atoms with Gasteiger partial charge < -0.3 is 10.4 Å². The molecule has 0 saturated carbocycles. The summed E-state index contributed by atoms with van der Waals surface area (Å²) in [6.45, 7) is 1.96. The summed E-state index contributed by atoms with van der Waals surface area (Å²) in [7, 11) is 0. The lowest BCUT2D eigenvalue weighted by molar-refractivity contribution is 0.0698. The Labute approximate surface area is 130 Å². The van der Waals surface area contributed by atoms with Crippen LogP contribution in [0.15, 0.2) is 46.9 Å². The number of carbonyl (C=O) groups is 1. The number of benzene rings is 2. The molecule has 2 aromatic carbocycles. The number of carboxylic acids is 1. The lowest BCUT2D eigenvalue weighted by Gasteiger charge is -2.18. The molecule has 0 spiro atoms. The number of nitrogens with one attached hydrogen (secondary N) is 1. The van der Waals surface area contributed by atoms with Gasteiger partial charge in [0, 0.05) is 15.5 Å². The normalized spacial score (nSPS) is 11.9. The number of hydrogen-bond donors (Lipinski definition) is 2. The van der Waals surface area contributed by atoms with Gasteiger partial charge in [0.1, 0.15) is 0 Å². The predicted molar refractivity (Wildman–Crippen MR) is 84.6 cm³/mol. The highest BCUT2D eigenvalue weighted by atomic mass is 79.9. The molecule has 0 fully saturated rings. The van der Waals surface area contributed by atoms with E-state index in [1.165, 1.54) is 0 Å². The highest BCUT2D eigenvalue weighted by Crippen LogP contribution is 2.27. The van der Waals surface area contributed by atoms with Gasteiger partial charge in [0.05, 0.1) is 11.3 Å². The van der Waals surface area contributed by atoms with Gasteiger partial charge in [0.15, 0.2) is 0 Å². The minimum Gasteiger partial charge on any atom is -0.478 e. The van der Waals surface area contributed by atoms with Crippen LogP contribution < -0.4 is 5.32 Å². The van der Waals surface area contributed by atoms with E-state index in [1.807, 2.05) is 25.1 Å². The fourth-order valence-corrected chi connectivity index (χ4v) is 2.47. The minimum absolute atomic E-state index is 0.0545. The third-order valence-corrected chi connectivity index (χ3v) is 3.66. The molecule has 1 atom stereocenters. The van der Waals surface area contributed by atoms with Crippen molar-refractivity contribution in [2.24, 2.45) is 0 Å². The van der Waals surface area contributed by atoms with Gasteiger partial charge in [-0.15, -0.1) is 0 Å². The van der Waals surface area contributed by atoms with Crippen LogP contribution >= 0.6 is 27.5 Å². The summed E-state index contributed by atoms with van der Waals surface area (Å²) in [5.41, 5.74) is 1.80. The van der Waals surface area contributed by atoms with Crippen LogP contribution in [0.3, 0.4) is 0 Å². The number of hydrogen-bond acceptors (Lipinski definition) is 2. The molecule has 0 aromatic heterocycles. The van der Waals surface area contributed by atoms with Crippen LogP contribution in [0.2, 0.25) is 5.02 Å². The maximum Gasteiger partial charge on any atom is 0.337 e. The fourth-order valence-electron chi connectivity index (χ4n) is 1.91. The zero-order chi connectivity index (χ0) is 14.7. The molecule has 2 N–H and O–H groups in total. The van der Waals surface area contributed by atoms with Gasteiger partial charge in [-0.05, 0) is 42.8 Å². The number of carboxylic acid groups (broad SMARTS) is 1. The smallest absolute Gasteiger partial charge is 0.337 e. The van der Waals surface area contributed by atoms with E-state index in [0.717, 1.165) is 10.0 Å². The van der Waals surface area contributed by atoms with Crippen LogP contribution in [-0.2, 0) is 0 Å². The first-order valence-corrected chi connectivity index (χ1v) is 7.19. The molecule has 2 rings (SSSR count). The molecule has 0 aliphatic rings. The van der Waals surface area contributed by atoms with E-state index in [9.17, 15) is 9.90 Å². The average molecular weight is 355 g/mol. The summed E-state index contributed by atoms with van der Waals surface area (Å²) < 4.78 is 0.822. The summed E-state index contributed by atoms with van der Waals surface area (Å²) >= 11 is 9.32. The van der Waals surface area contributed by atoms with Crippen molar-refractivity contribution in [3.8, 4) is 0 Å². The summed E-state index contributed by atoms with van der Waals surface area (Å²) in [5, 5.41) is 13.1. The van der Waals surface area contributed by atoms with Gasteiger partial charge in [-0.25, -0.2) is 4.79 Å². The Balaban J connectivity index is 2.29. The molecule has 1 unspecified atom stereocenters. The summed E-state index contributed by atoms with van der Waals surface area (Å²) in [6.07, 6.45) is 0. The predicted octanol–water partition coefficient (Wildman–Crippen LogP) is 4.97. The lowest BCUT2D eigenvalue weighted by atomic mass is 10.1. The Morgan fingerprint density at radius 3 is 2.70 bits per heavy atom. The maximum atomic E-state index is 11.2. The van der Waals surface area contributed by atoms with Crippen LogP contribution in [0.5, 0.6) is 0 Å². The molecular formula is C15H13BrClNO2. The standard InChI is InChI=1S/C15H13BrClNO2/c1-9(10-3-2-4-12(17)7-10)18-14-8-11(16)5-6-13(14)15(19)20/h2-9,18H,1H3,(H,19,20). The van der Waals surface area contributed by atoms with Crippen molar-refractivity contribution >= 4 is 39.2 Å². The van der Waals surface area contributed by atoms with Crippen molar-refractivity contribution in [1.82, 2.24) is 0 Å². The van der Waals surface area contributed by atoms with Crippen molar-refractivity contribution in [1.29, 1.82) is 0 Å². The van der Waals surface area contributed by atoms with Crippen LogP contribution in [0.25, 0.3) is 0 Å². The fraction of sp³-hybridized carbons (Fsp3) is 0.133. The SMILES string of the molecule is CC(Nc1cc(Br)ccc1C(=O)O)c1cccc(Cl)c1. The topological polar surface area (TPSA) is 49.3 Å². The lowest BCUT2D eigenvalue weighted by Crippen LogP contribution is -2.10. The second-order valence-corrected chi connectivity index (χ2v) is 5.77. The van der Waals surface area contributed by atoms with Crippen molar-refractivity contribution in [3.63, 3.8) is 0 Å². The van der Waals surface area contributed by atoms with E-state index in [2.05, 4.69) is 21.2 Å². The molecule has 20 heavy (non-hydrogen) atoms. The molecule has 3 nitrogen and oxygen atoms in total. The van der Waals surface area contributed by atoms with E-state index >= 15 is 0 Å². The molecule has 0 heterocycles. The molecule has 104 valence electrons. The second-order valence-electron chi connectivity index (χ2n) is 4.42. The van der Waals surface area contributed by atoms with Gasteiger partial charge in [-0.3, -0.25) is 0 Å². The van der Waals surface area contributed by atoms with E-state index in [0.29, 0.717) is 10.7 Å². The van der Waals surface area contributed by atoms with E-state index in [1.54, 1.807) is 24.3 Å². The minimum atomic E-state index is -0.960. The number of aromatic carboxylic acids is 1. The van der Waals surface area contributed by atoms with E-state index in [-0.39, 0.29) is 11.6 Å². The Kier molecular flexibility index (Phi) is 4.68. The van der Waals surface area contributed by atoms with Crippen molar-refractivity contribution in [3.05, 3.63) is 63.1 Å². The molecule has 0 amide bonds. The van der Waals surface area contributed by atoms with Gasteiger partial charge >= 0.3 is 5.97 Å². The number of rotatable bonds is 4. The Hall–Kier alpha value is -1.52. The highest BCUT2D eigenvalue weighted by molar-refractivity contribution is 9.10. The first-order valence-electron chi connectivity index (χ1n) is 6.02. The molecule has 0 bridgehead atoms. The summed E-state index contributed by atoms with van der Waals surface area (Å²) in [6, 6.07) is 12.5. The molecule has 0 radical (unpaired) electrons. The van der Waals surface area contributed by atoms with Crippen molar-refractivity contribution in [2.75, 3.05) is 5.32 Å². The van der Waals surface area contributed by atoms with Crippen LogP contribution in [0, 0.1) is 0 Å². The zero-order valence-corrected chi connectivity index (χ0v) is 13.1. The monoisotopic (exact) mass is 353 g/mol. The first-order chi connectivity index (χ1) is 9.47. The highest BCUT2D eigenvalue weighted by Gasteiger charge is 2.13. The number of halogens is 2. The van der Waals surface area contributed by atoms with E-state index in [4.69, 9.17) is 11.6 Å². The second kappa shape index (κ2) is 6.29. The molecule has 0 saturated heterocycles. The van der Waals surface area contributed by atoms with Crippen molar-refractivity contribution < 1.29 is 9.90 Å². The largest absolute Gasteiger partial charge is 0.478 e. The van der Waals surface area contributed by atoms with Crippen LogP contribution in [-0.4, -0.2) is 11.1 Å². The molecule has 0 aliphatic carbocycles. The van der Waals surface area contributed by atoms with Gasteiger partial charge in [0.25, 0.3) is 0 Å². The first kappa shape index (κ1) is 14.9. The summed E-state index contributed by atoms with van der Waals surface area (Å²) in [4.78, 5) is 11.2. The van der Waals surface area contributed by atoms with Crippen molar-refractivity contribution in [2.45, 2.75) is 13.0 Å². The third kappa shape index (κ3) is 3.52. The number of anilines is 1. The molecule has 5 heteroatoms. The Morgan fingerprint density at radius 2 is 2.05 bits per heavy atom. The zero-order valence-electron chi connectivity index (χ0n) is 10.7. The van der Waals surface area contributed by atoms with Crippen LogP contribution in [0.1, 0.15) is 28.9 Å². The van der Waals surface area contributed by atoms with Gasteiger partial charge in [-0.2, -0.15) is 0 Å². The molecule has 2 aromatic rings. The van der Waals surface area contributed by atoms with Gasteiger partial charge in [0.2, 0.25) is 0 Å². The summed E-state index contributed by atoms with van der Waals surface area (Å²) in [5.74, 6) is -0.960. The third-order valence-electron chi connectivity index (χ3n) is 2.93. The Bertz CT molecular complexity index is 646. The maximum absolute atomic E-state index is 11.2. The average Bonchev–Trinajstić information content (AvgIpc) is 2.38. The quantitative estimate of drug-likeness (QED) is 0.814. The Morgan fingerprint density at radius 1 is 1.30 bits per heavy atom. The van der Waals surface area contributed by atoms with E-state index < -0.39 is 5.97 Å².